The van der Waals surface area contributed by atoms with E-state index in [1.54, 1.807) is 0 Å². The van der Waals surface area contributed by atoms with Crippen LogP contribution in [0.25, 0.3) is 11.3 Å². The Labute approximate surface area is 175 Å². The van der Waals surface area contributed by atoms with Gasteiger partial charge in [-0.2, -0.15) is 0 Å². The van der Waals surface area contributed by atoms with Gasteiger partial charge >= 0.3 is 6.03 Å². The number of nitrogens with zero attached hydrogens (tertiary/aromatic N) is 1. The second-order valence-electron chi connectivity index (χ2n) is 6.36. The van der Waals surface area contributed by atoms with Gasteiger partial charge in [0.2, 0.25) is 0 Å². The Hall–Kier alpha value is -2.37. The van der Waals surface area contributed by atoms with Crippen LogP contribution in [0.5, 0.6) is 0 Å². The van der Waals surface area contributed by atoms with Crippen LogP contribution in [0.1, 0.15) is 36.9 Å². The molecule has 0 atom stereocenters. The molecule has 146 valence electrons. The fraction of sp³-hybridized carbons (Fsp3) is 0.273. The van der Waals surface area contributed by atoms with Gasteiger partial charge in [0.25, 0.3) is 0 Å². The van der Waals surface area contributed by atoms with Crippen molar-refractivity contribution in [2.75, 3.05) is 10.6 Å². The van der Waals surface area contributed by atoms with E-state index in [9.17, 15) is 4.79 Å². The number of hydrogen-bond donors (Lipinski definition) is 2. The van der Waals surface area contributed by atoms with Crippen LogP contribution < -0.4 is 10.6 Å². The van der Waals surface area contributed by atoms with Gasteiger partial charge in [-0.05, 0) is 36.5 Å². The second-order valence-corrected chi connectivity index (χ2v) is 7.85. The minimum absolute atomic E-state index is 0.268. The zero-order valence-corrected chi connectivity index (χ0v) is 17.9. The largest absolute Gasteiger partial charge is 0.324 e. The molecule has 0 spiro atoms. The number of urea groups is 1. The number of carbonyl (C=O) groups excluding carboxylic acids is 1. The normalized spacial score (nSPS) is 10.7. The van der Waals surface area contributed by atoms with Crippen LogP contribution in [0, 0.1) is 0 Å². The first-order valence-corrected chi connectivity index (χ1v) is 10.7. The third kappa shape index (κ3) is 4.37. The molecule has 3 aromatic rings. The molecule has 0 unspecified atom stereocenters. The zero-order valence-electron chi connectivity index (χ0n) is 16.3. The predicted molar refractivity (Wildman–Crippen MR) is 120 cm³/mol. The van der Waals surface area contributed by atoms with Crippen molar-refractivity contribution >= 4 is 39.7 Å². The summed E-state index contributed by atoms with van der Waals surface area (Å²) in [5.74, 6) is 0. The molecular formula is C22H24ClN3OS. The van der Waals surface area contributed by atoms with Gasteiger partial charge < -0.3 is 5.32 Å². The first-order chi connectivity index (χ1) is 13.6. The fourth-order valence-corrected chi connectivity index (χ4v) is 4.23. The molecule has 0 bridgehead atoms. The molecule has 0 saturated heterocycles. The molecule has 0 aliphatic heterocycles. The van der Waals surface area contributed by atoms with Gasteiger partial charge in [-0.1, -0.05) is 68.8 Å². The topological polar surface area (TPSA) is 54.0 Å². The minimum atomic E-state index is -0.268. The third-order valence-corrected chi connectivity index (χ3v) is 6.01. The van der Waals surface area contributed by atoms with Crippen molar-refractivity contribution in [3.63, 3.8) is 0 Å². The molecule has 0 aliphatic rings. The maximum Gasteiger partial charge on any atom is 0.324 e. The Balaban J connectivity index is 1.90. The fourth-order valence-electron chi connectivity index (χ4n) is 3.09. The first kappa shape index (κ1) is 20.4. The summed E-state index contributed by atoms with van der Waals surface area (Å²) < 4.78 is 0. The van der Waals surface area contributed by atoms with Crippen LogP contribution in [0.3, 0.4) is 0 Å². The summed E-state index contributed by atoms with van der Waals surface area (Å²) in [5.41, 5.74) is 4.67. The number of thiazole rings is 1. The van der Waals surface area contributed by atoms with Crippen LogP contribution in [0.2, 0.25) is 5.02 Å². The summed E-state index contributed by atoms with van der Waals surface area (Å²) in [6.45, 7) is 6.22. The van der Waals surface area contributed by atoms with Crippen LogP contribution in [-0.2, 0) is 19.3 Å². The van der Waals surface area contributed by atoms with Crippen LogP contribution in [-0.4, -0.2) is 11.0 Å². The number of amides is 2. The number of carbonyl (C=O) groups is 1. The highest BCUT2D eigenvalue weighted by atomic mass is 35.5. The summed E-state index contributed by atoms with van der Waals surface area (Å²) in [6.07, 6.45) is 2.51. The number of rotatable bonds is 6. The Bertz CT molecular complexity index is 961. The molecular weight excluding hydrogens is 390 g/mol. The van der Waals surface area contributed by atoms with Gasteiger partial charge in [0, 0.05) is 11.3 Å². The number of halogens is 1. The quantitative estimate of drug-likeness (QED) is 0.467. The summed E-state index contributed by atoms with van der Waals surface area (Å²) in [4.78, 5) is 17.5. The summed E-state index contributed by atoms with van der Waals surface area (Å²) in [7, 11) is 0. The van der Waals surface area contributed by atoms with E-state index in [1.807, 2.05) is 49.4 Å². The molecule has 2 aromatic carbocycles. The molecule has 28 heavy (non-hydrogen) atoms. The van der Waals surface area contributed by atoms with E-state index in [2.05, 4.69) is 29.5 Å². The molecule has 0 saturated carbocycles. The highest BCUT2D eigenvalue weighted by molar-refractivity contribution is 7.16. The van der Waals surface area contributed by atoms with Gasteiger partial charge in [-0.3, -0.25) is 5.32 Å². The van der Waals surface area contributed by atoms with Gasteiger partial charge in [0.15, 0.2) is 0 Å². The monoisotopic (exact) mass is 413 g/mol. The number of aromatic nitrogens is 1. The third-order valence-electron chi connectivity index (χ3n) is 4.57. The van der Waals surface area contributed by atoms with Crippen molar-refractivity contribution in [3.8, 4) is 11.3 Å². The SMILES string of the molecule is CCc1nc(-c2ccccc2Cl)c(NC(=O)Nc2c(CC)cccc2CC)s1. The molecule has 1 aromatic heterocycles. The predicted octanol–water partition coefficient (Wildman–Crippen LogP) is 6.79. The number of benzene rings is 2. The second kappa shape index (κ2) is 9.22. The minimum Gasteiger partial charge on any atom is -0.307 e. The average Bonchev–Trinajstić information content (AvgIpc) is 3.11. The van der Waals surface area contributed by atoms with E-state index < -0.39 is 0 Å². The lowest BCUT2D eigenvalue weighted by Crippen LogP contribution is -2.21. The van der Waals surface area contributed by atoms with E-state index in [-0.39, 0.29) is 6.03 Å². The highest BCUT2D eigenvalue weighted by Crippen LogP contribution is 2.37. The van der Waals surface area contributed by atoms with Crippen LogP contribution in [0.15, 0.2) is 42.5 Å². The lowest BCUT2D eigenvalue weighted by atomic mass is 10.0. The molecule has 0 radical (unpaired) electrons. The molecule has 6 heteroatoms. The number of aryl methyl sites for hydroxylation is 3. The van der Waals surface area contributed by atoms with Crippen molar-refractivity contribution in [3.05, 3.63) is 63.6 Å². The summed E-state index contributed by atoms with van der Waals surface area (Å²) >= 11 is 7.85. The maximum atomic E-state index is 12.8. The molecule has 1 heterocycles. The van der Waals surface area contributed by atoms with Crippen LogP contribution in [0.4, 0.5) is 15.5 Å². The first-order valence-electron chi connectivity index (χ1n) is 9.50. The summed E-state index contributed by atoms with van der Waals surface area (Å²) in [5, 5.41) is 8.31. The van der Waals surface area contributed by atoms with Crippen molar-refractivity contribution in [1.82, 2.24) is 4.98 Å². The molecule has 3 rings (SSSR count). The molecule has 2 amide bonds. The van der Waals surface area contributed by atoms with Gasteiger partial charge in [0.1, 0.15) is 10.7 Å². The number of anilines is 2. The molecule has 2 N–H and O–H groups in total. The Kier molecular flexibility index (Phi) is 6.70. The lowest BCUT2D eigenvalue weighted by Gasteiger charge is -2.15. The summed E-state index contributed by atoms with van der Waals surface area (Å²) in [6, 6.07) is 13.4. The number of hydrogen-bond acceptors (Lipinski definition) is 3. The van der Waals surface area contributed by atoms with Gasteiger partial charge in [-0.25, -0.2) is 9.78 Å². The van der Waals surface area contributed by atoms with E-state index in [0.29, 0.717) is 15.7 Å². The van der Waals surface area contributed by atoms with E-state index in [4.69, 9.17) is 11.6 Å². The van der Waals surface area contributed by atoms with E-state index in [0.717, 1.165) is 46.6 Å². The number of para-hydroxylation sites is 1. The van der Waals surface area contributed by atoms with Crippen molar-refractivity contribution < 1.29 is 4.79 Å². The van der Waals surface area contributed by atoms with Crippen molar-refractivity contribution in [2.24, 2.45) is 0 Å². The smallest absolute Gasteiger partial charge is 0.307 e. The van der Waals surface area contributed by atoms with E-state index in [1.165, 1.54) is 11.3 Å². The standard InChI is InChI=1S/C22H24ClN3OS/c1-4-14-10-9-11-15(5-2)19(14)25-22(27)26-21-20(24-18(6-3)28-21)16-12-7-8-13-17(16)23/h7-13H,4-6H2,1-3H3,(H2,25,26,27). The van der Waals surface area contributed by atoms with Gasteiger partial charge in [-0.15, -0.1) is 11.3 Å². The van der Waals surface area contributed by atoms with E-state index >= 15 is 0 Å². The molecule has 4 nitrogen and oxygen atoms in total. The molecule has 0 aliphatic carbocycles. The number of nitrogens with one attached hydrogen (secondary N) is 2. The van der Waals surface area contributed by atoms with Crippen molar-refractivity contribution in [2.45, 2.75) is 40.0 Å². The Morgan fingerprint density at radius 2 is 1.64 bits per heavy atom. The maximum absolute atomic E-state index is 12.8. The van der Waals surface area contributed by atoms with Crippen LogP contribution >= 0.6 is 22.9 Å². The molecule has 0 fully saturated rings. The lowest BCUT2D eigenvalue weighted by molar-refractivity contribution is 0.262. The zero-order chi connectivity index (χ0) is 20.1. The highest BCUT2D eigenvalue weighted by Gasteiger charge is 2.18. The Morgan fingerprint density at radius 1 is 0.964 bits per heavy atom. The Morgan fingerprint density at radius 3 is 2.25 bits per heavy atom. The van der Waals surface area contributed by atoms with Crippen molar-refractivity contribution in [1.29, 1.82) is 0 Å². The average molecular weight is 414 g/mol. The van der Waals surface area contributed by atoms with Gasteiger partial charge in [0.05, 0.1) is 10.0 Å².